The van der Waals surface area contributed by atoms with E-state index < -0.39 is 0 Å². The number of hydrogen-bond donors (Lipinski definition) is 3. The monoisotopic (exact) mass is 267 g/mol. The van der Waals surface area contributed by atoms with Crippen molar-refractivity contribution in [2.24, 2.45) is 5.84 Å². The fraction of sp³-hybridized carbons (Fsp3) is 0.667. The first-order valence-electron chi connectivity index (χ1n) is 6.55. The van der Waals surface area contributed by atoms with Crippen molar-refractivity contribution in [2.75, 3.05) is 30.6 Å². The van der Waals surface area contributed by atoms with Crippen molar-refractivity contribution in [1.82, 2.24) is 9.97 Å². The average molecular weight is 267 g/mol. The van der Waals surface area contributed by atoms with Crippen molar-refractivity contribution in [3.05, 3.63) is 6.33 Å². The van der Waals surface area contributed by atoms with Gasteiger partial charge in [0.05, 0.1) is 7.11 Å². The number of nitrogens with one attached hydrogen (secondary N) is 1. The van der Waals surface area contributed by atoms with E-state index in [1.54, 1.807) is 7.11 Å². The second-order valence-electron chi connectivity index (χ2n) is 4.58. The lowest BCUT2D eigenvalue weighted by Gasteiger charge is -2.27. The smallest absolute Gasteiger partial charge is 0.205 e. The molecule has 0 bridgehead atoms. The Morgan fingerprint density at radius 1 is 1.58 bits per heavy atom. The Bertz CT molecular complexity index is 415. The molecule has 1 aromatic rings. The number of nitrogens with two attached hydrogens (primary N) is 1. The van der Waals surface area contributed by atoms with Crippen LogP contribution in [0.5, 0.6) is 5.75 Å². The van der Waals surface area contributed by atoms with E-state index in [1.165, 1.54) is 6.33 Å². The van der Waals surface area contributed by atoms with Gasteiger partial charge in [0.2, 0.25) is 5.75 Å². The van der Waals surface area contributed by atoms with Crippen LogP contribution in [-0.4, -0.2) is 41.4 Å². The Labute approximate surface area is 112 Å². The van der Waals surface area contributed by atoms with E-state index >= 15 is 0 Å². The van der Waals surface area contributed by atoms with Gasteiger partial charge in [-0.15, -0.1) is 0 Å². The zero-order valence-electron chi connectivity index (χ0n) is 11.2. The maximum atomic E-state index is 8.97. The quantitative estimate of drug-likeness (QED) is 0.510. The van der Waals surface area contributed by atoms with E-state index in [2.05, 4.69) is 20.3 Å². The Morgan fingerprint density at radius 3 is 3.11 bits per heavy atom. The molecule has 0 aliphatic carbocycles. The minimum Gasteiger partial charge on any atom is -0.490 e. The Morgan fingerprint density at radius 2 is 2.42 bits per heavy atom. The molecule has 19 heavy (non-hydrogen) atoms. The molecule has 0 aromatic carbocycles. The molecule has 106 valence electrons. The fourth-order valence-electron chi connectivity index (χ4n) is 2.60. The van der Waals surface area contributed by atoms with Gasteiger partial charge in [0.1, 0.15) is 6.33 Å². The molecule has 2 heterocycles. The molecule has 1 aliphatic rings. The van der Waals surface area contributed by atoms with Crippen LogP contribution in [0.25, 0.3) is 0 Å². The summed E-state index contributed by atoms with van der Waals surface area (Å²) in [7, 11) is 1.59. The van der Waals surface area contributed by atoms with Gasteiger partial charge in [-0.05, 0) is 25.7 Å². The highest BCUT2D eigenvalue weighted by Crippen LogP contribution is 2.36. The highest BCUT2D eigenvalue weighted by Gasteiger charge is 2.28. The van der Waals surface area contributed by atoms with Crippen molar-refractivity contribution in [3.8, 4) is 5.75 Å². The number of anilines is 2. The summed E-state index contributed by atoms with van der Waals surface area (Å²) in [5, 5.41) is 8.97. The molecule has 1 saturated heterocycles. The molecule has 1 aromatic heterocycles. The van der Waals surface area contributed by atoms with Crippen LogP contribution < -0.4 is 20.9 Å². The number of methoxy groups -OCH3 is 1. The topological polar surface area (TPSA) is 96.5 Å². The van der Waals surface area contributed by atoms with Crippen LogP contribution in [0.2, 0.25) is 0 Å². The molecule has 1 atom stereocenters. The van der Waals surface area contributed by atoms with Gasteiger partial charge >= 0.3 is 0 Å². The number of rotatable bonds is 6. The summed E-state index contributed by atoms with van der Waals surface area (Å²) in [6.45, 7) is 1.16. The first kappa shape index (κ1) is 13.8. The number of aromatic nitrogens is 2. The summed E-state index contributed by atoms with van der Waals surface area (Å²) >= 11 is 0. The lowest BCUT2D eigenvalue weighted by Crippen LogP contribution is -2.31. The van der Waals surface area contributed by atoms with E-state index in [9.17, 15) is 0 Å². The summed E-state index contributed by atoms with van der Waals surface area (Å²) in [5.74, 6) is 7.26. The van der Waals surface area contributed by atoms with Crippen molar-refractivity contribution in [1.29, 1.82) is 0 Å². The molecule has 1 unspecified atom stereocenters. The molecule has 0 amide bonds. The first-order valence-corrected chi connectivity index (χ1v) is 6.55. The summed E-state index contributed by atoms with van der Waals surface area (Å²) < 4.78 is 5.37. The molecule has 2 rings (SSSR count). The summed E-state index contributed by atoms with van der Waals surface area (Å²) in [4.78, 5) is 10.6. The number of hydrogen-bond acceptors (Lipinski definition) is 7. The largest absolute Gasteiger partial charge is 0.490 e. The minimum absolute atomic E-state index is 0.223. The maximum Gasteiger partial charge on any atom is 0.205 e. The number of nitrogens with zero attached hydrogens (tertiary/aromatic N) is 3. The van der Waals surface area contributed by atoms with Crippen LogP contribution in [0.1, 0.15) is 25.7 Å². The van der Waals surface area contributed by atoms with E-state index in [4.69, 9.17) is 15.7 Å². The molecule has 4 N–H and O–H groups in total. The zero-order chi connectivity index (χ0) is 13.7. The summed E-state index contributed by atoms with van der Waals surface area (Å²) in [6, 6.07) is 0.390. The maximum absolute atomic E-state index is 8.97. The number of ether oxygens (including phenoxy) is 1. The lowest BCUT2D eigenvalue weighted by atomic mass is 10.1. The number of hydrazine groups is 1. The predicted molar refractivity (Wildman–Crippen MR) is 73.1 cm³/mol. The van der Waals surface area contributed by atoms with Gasteiger partial charge in [0.15, 0.2) is 11.6 Å². The Hall–Kier alpha value is -1.60. The standard InChI is InChI=1S/C12H21N5O2/c1-19-10-11(16-13)14-8-15-12(10)17-6-2-4-9(17)5-3-7-18/h8-9,18H,2-7,13H2,1H3,(H,14,15,16). The van der Waals surface area contributed by atoms with Gasteiger partial charge in [-0.25, -0.2) is 15.8 Å². The van der Waals surface area contributed by atoms with E-state index in [0.717, 1.165) is 38.0 Å². The molecule has 7 heteroatoms. The van der Waals surface area contributed by atoms with Crippen molar-refractivity contribution in [2.45, 2.75) is 31.7 Å². The third-order valence-electron chi connectivity index (χ3n) is 3.47. The Balaban J connectivity index is 2.24. The highest BCUT2D eigenvalue weighted by molar-refractivity contribution is 5.65. The zero-order valence-corrected chi connectivity index (χ0v) is 11.2. The second-order valence-corrected chi connectivity index (χ2v) is 4.58. The van der Waals surface area contributed by atoms with E-state index in [-0.39, 0.29) is 6.61 Å². The second kappa shape index (κ2) is 6.53. The molecule has 0 spiro atoms. The van der Waals surface area contributed by atoms with Gasteiger partial charge in [-0.3, -0.25) is 0 Å². The fourth-order valence-corrected chi connectivity index (χ4v) is 2.60. The van der Waals surface area contributed by atoms with Crippen LogP contribution in [0.15, 0.2) is 6.33 Å². The van der Waals surface area contributed by atoms with Crippen LogP contribution in [0, 0.1) is 0 Å². The molecule has 1 aliphatic heterocycles. The first-order chi connectivity index (χ1) is 9.31. The third kappa shape index (κ3) is 2.87. The van der Waals surface area contributed by atoms with Crippen LogP contribution >= 0.6 is 0 Å². The Kier molecular flexibility index (Phi) is 4.75. The van der Waals surface area contributed by atoms with Gasteiger partial charge in [-0.1, -0.05) is 0 Å². The van der Waals surface area contributed by atoms with Gasteiger partial charge in [0, 0.05) is 19.2 Å². The third-order valence-corrected chi connectivity index (χ3v) is 3.47. The minimum atomic E-state index is 0.223. The van der Waals surface area contributed by atoms with Crippen molar-refractivity contribution in [3.63, 3.8) is 0 Å². The van der Waals surface area contributed by atoms with Crippen molar-refractivity contribution >= 4 is 11.6 Å². The highest BCUT2D eigenvalue weighted by atomic mass is 16.5. The average Bonchev–Trinajstić information content (AvgIpc) is 2.92. The lowest BCUT2D eigenvalue weighted by molar-refractivity contribution is 0.279. The van der Waals surface area contributed by atoms with Gasteiger partial charge in [0.25, 0.3) is 0 Å². The van der Waals surface area contributed by atoms with E-state index in [1.807, 2.05) is 0 Å². The molecule has 0 saturated carbocycles. The molecule has 0 radical (unpaired) electrons. The summed E-state index contributed by atoms with van der Waals surface area (Å²) in [5.41, 5.74) is 2.53. The van der Waals surface area contributed by atoms with Crippen LogP contribution in [0.4, 0.5) is 11.6 Å². The van der Waals surface area contributed by atoms with Crippen LogP contribution in [-0.2, 0) is 0 Å². The number of aliphatic hydroxyl groups excluding tert-OH is 1. The van der Waals surface area contributed by atoms with Crippen LogP contribution in [0.3, 0.4) is 0 Å². The molecule has 7 nitrogen and oxygen atoms in total. The van der Waals surface area contributed by atoms with Gasteiger partial charge in [-0.2, -0.15) is 0 Å². The van der Waals surface area contributed by atoms with E-state index in [0.29, 0.717) is 17.6 Å². The number of aliphatic hydroxyl groups is 1. The predicted octanol–water partition coefficient (Wildman–Crippen LogP) is 0.512. The molecular formula is C12H21N5O2. The normalized spacial score (nSPS) is 18.7. The molecule has 1 fully saturated rings. The summed E-state index contributed by atoms with van der Waals surface area (Å²) in [6.07, 6.45) is 5.47. The number of nitrogen functional groups attached to an aromatic ring is 1. The molecular weight excluding hydrogens is 246 g/mol. The van der Waals surface area contributed by atoms with Gasteiger partial charge < -0.3 is 20.2 Å². The SMILES string of the molecule is COc1c(NN)ncnc1N1CCCC1CCCO. The van der Waals surface area contributed by atoms with Crippen molar-refractivity contribution < 1.29 is 9.84 Å².